The summed E-state index contributed by atoms with van der Waals surface area (Å²) in [7, 11) is 1.51. The third-order valence-corrected chi connectivity index (χ3v) is 6.22. The van der Waals surface area contributed by atoms with Gasteiger partial charge in [0.25, 0.3) is 0 Å². The van der Waals surface area contributed by atoms with Crippen LogP contribution in [0, 0.1) is 17.8 Å². The molecule has 0 aromatic heterocycles. The van der Waals surface area contributed by atoms with Crippen LogP contribution < -0.4 is 0 Å². The third kappa shape index (κ3) is 4.54. The Hall–Kier alpha value is -1.57. The number of hydrogen-bond acceptors (Lipinski definition) is 2. The van der Waals surface area contributed by atoms with E-state index in [1.165, 1.54) is 55.9 Å². The number of unbranched alkanes of at least 4 members (excludes halogenated alkanes) is 2. The van der Waals surface area contributed by atoms with E-state index >= 15 is 0 Å². The summed E-state index contributed by atoms with van der Waals surface area (Å²) in [5.74, 6) is 1.52. The van der Waals surface area contributed by atoms with Crippen molar-refractivity contribution in [2.75, 3.05) is 7.11 Å². The van der Waals surface area contributed by atoms with Crippen LogP contribution in [0.1, 0.15) is 69.4 Å². The number of esters is 1. The Labute approximate surface area is 152 Å². The zero-order valence-corrected chi connectivity index (χ0v) is 15.8. The Bertz CT molecular complexity index is 599. The minimum Gasteiger partial charge on any atom is -0.469 e. The van der Waals surface area contributed by atoms with Crippen molar-refractivity contribution < 1.29 is 9.53 Å². The normalized spacial score (nSPS) is 25.8. The molecule has 1 aromatic rings. The molecule has 0 amide bonds. The number of carbonyl (C=O) groups excluding carboxylic acids is 1. The van der Waals surface area contributed by atoms with Crippen molar-refractivity contribution in [3.8, 4) is 0 Å². The smallest absolute Gasteiger partial charge is 0.308 e. The van der Waals surface area contributed by atoms with E-state index in [1.807, 2.05) is 0 Å². The van der Waals surface area contributed by atoms with E-state index in [-0.39, 0.29) is 11.9 Å². The lowest BCUT2D eigenvalue weighted by Crippen LogP contribution is -2.31. The lowest BCUT2D eigenvalue weighted by Gasteiger charge is -2.38. The molecule has 0 saturated heterocycles. The van der Waals surface area contributed by atoms with Gasteiger partial charge >= 0.3 is 5.97 Å². The maximum absolute atomic E-state index is 11.8. The zero-order valence-electron chi connectivity index (χ0n) is 15.8. The fraction of sp³-hybridized carbons (Fsp3) is 0.609. The highest BCUT2D eigenvalue weighted by Crippen LogP contribution is 2.44. The predicted octanol–water partition coefficient (Wildman–Crippen LogP) is 5.80. The molecule has 3 rings (SSSR count). The number of rotatable bonds is 6. The van der Waals surface area contributed by atoms with E-state index in [0.29, 0.717) is 5.92 Å². The summed E-state index contributed by atoms with van der Waals surface area (Å²) in [6.07, 6.45) is 13.0. The molecule has 0 radical (unpaired) electrons. The highest BCUT2D eigenvalue weighted by atomic mass is 16.5. The summed E-state index contributed by atoms with van der Waals surface area (Å²) in [4.78, 5) is 11.8. The van der Waals surface area contributed by atoms with Crippen molar-refractivity contribution in [2.45, 2.75) is 64.7 Å². The number of carbonyl (C=O) groups is 1. The Morgan fingerprint density at radius 2 is 1.92 bits per heavy atom. The molecule has 136 valence electrons. The van der Waals surface area contributed by atoms with Crippen LogP contribution >= 0.6 is 0 Å². The van der Waals surface area contributed by atoms with Gasteiger partial charge in [0.2, 0.25) is 0 Å². The van der Waals surface area contributed by atoms with Crippen molar-refractivity contribution in [1.82, 2.24) is 0 Å². The molecular weight excluding hydrogens is 308 g/mol. The van der Waals surface area contributed by atoms with Crippen molar-refractivity contribution in [3.63, 3.8) is 0 Å². The molecule has 0 spiro atoms. The highest BCUT2D eigenvalue weighted by molar-refractivity contribution is 5.72. The first kappa shape index (κ1) is 18.2. The Kier molecular flexibility index (Phi) is 6.34. The van der Waals surface area contributed by atoms with Crippen molar-refractivity contribution in [3.05, 3.63) is 41.5 Å². The van der Waals surface area contributed by atoms with Crippen LogP contribution in [0.3, 0.4) is 0 Å². The average molecular weight is 341 g/mol. The Morgan fingerprint density at radius 3 is 2.64 bits per heavy atom. The Balaban J connectivity index is 1.60. The molecule has 0 heterocycles. The first-order chi connectivity index (χ1) is 12.2. The summed E-state index contributed by atoms with van der Waals surface area (Å²) < 4.78 is 4.95. The van der Waals surface area contributed by atoms with Crippen LogP contribution in [0.5, 0.6) is 0 Å². The van der Waals surface area contributed by atoms with Gasteiger partial charge in [-0.2, -0.15) is 0 Å². The molecule has 0 bridgehead atoms. The molecule has 2 nitrogen and oxygen atoms in total. The molecule has 3 atom stereocenters. The molecule has 1 saturated carbocycles. The number of methoxy groups -OCH3 is 1. The van der Waals surface area contributed by atoms with Gasteiger partial charge in [0, 0.05) is 0 Å². The van der Waals surface area contributed by atoms with Gasteiger partial charge in [-0.3, -0.25) is 4.79 Å². The molecule has 25 heavy (non-hydrogen) atoms. The standard InChI is InChI=1S/C23H32O2/c1-3-4-5-6-17-7-9-18(10-8-17)19-11-12-21-16-22(23(24)25-2)14-13-20(21)15-19/h7-11,20-22H,3-6,12-16H2,1-2H3. The van der Waals surface area contributed by atoms with Gasteiger partial charge < -0.3 is 4.74 Å². The van der Waals surface area contributed by atoms with E-state index in [1.54, 1.807) is 0 Å². The minimum atomic E-state index is -0.00751. The molecule has 2 aliphatic carbocycles. The molecule has 1 aromatic carbocycles. The highest BCUT2D eigenvalue weighted by Gasteiger charge is 2.35. The van der Waals surface area contributed by atoms with Gasteiger partial charge in [-0.25, -0.2) is 0 Å². The molecule has 3 unspecified atom stereocenters. The third-order valence-electron chi connectivity index (χ3n) is 6.22. The first-order valence-electron chi connectivity index (χ1n) is 10.1. The SMILES string of the molecule is CCCCCc1ccc(C2=CCC3CC(C(=O)OC)CCC3C2)cc1. The molecule has 2 heteroatoms. The van der Waals surface area contributed by atoms with Crippen LogP contribution in [-0.2, 0) is 16.0 Å². The largest absolute Gasteiger partial charge is 0.469 e. The summed E-state index contributed by atoms with van der Waals surface area (Å²) in [5, 5.41) is 0. The second kappa shape index (κ2) is 8.69. The maximum Gasteiger partial charge on any atom is 0.308 e. The summed E-state index contributed by atoms with van der Waals surface area (Å²) in [5.41, 5.74) is 4.37. The lowest BCUT2D eigenvalue weighted by molar-refractivity contribution is -0.147. The summed E-state index contributed by atoms with van der Waals surface area (Å²) in [6.45, 7) is 2.25. The maximum atomic E-state index is 11.8. The fourth-order valence-corrected chi connectivity index (χ4v) is 4.62. The second-order valence-corrected chi connectivity index (χ2v) is 7.88. The van der Waals surface area contributed by atoms with Gasteiger partial charge in [-0.1, -0.05) is 50.1 Å². The number of benzene rings is 1. The topological polar surface area (TPSA) is 26.3 Å². The van der Waals surface area contributed by atoms with Gasteiger partial charge in [0.1, 0.15) is 0 Å². The van der Waals surface area contributed by atoms with Gasteiger partial charge in [0.15, 0.2) is 0 Å². The number of allylic oxidation sites excluding steroid dienone is 2. The van der Waals surface area contributed by atoms with Gasteiger partial charge in [0.05, 0.1) is 13.0 Å². The number of aryl methyl sites for hydroxylation is 1. The van der Waals surface area contributed by atoms with E-state index in [4.69, 9.17) is 4.74 Å². The molecule has 0 aliphatic heterocycles. The number of ether oxygens (including phenoxy) is 1. The molecule has 1 fully saturated rings. The minimum absolute atomic E-state index is 0.00751. The first-order valence-corrected chi connectivity index (χ1v) is 10.1. The summed E-state index contributed by atoms with van der Waals surface area (Å²) >= 11 is 0. The predicted molar refractivity (Wildman–Crippen MR) is 103 cm³/mol. The Morgan fingerprint density at radius 1 is 1.12 bits per heavy atom. The van der Waals surface area contributed by atoms with Crippen molar-refractivity contribution in [1.29, 1.82) is 0 Å². The number of hydrogen-bond donors (Lipinski definition) is 0. The monoisotopic (exact) mass is 340 g/mol. The van der Waals surface area contributed by atoms with E-state index in [9.17, 15) is 4.79 Å². The van der Waals surface area contributed by atoms with E-state index < -0.39 is 0 Å². The second-order valence-electron chi connectivity index (χ2n) is 7.88. The zero-order chi connectivity index (χ0) is 17.6. The lowest BCUT2D eigenvalue weighted by atomic mass is 9.67. The van der Waals surface area contributed by atoms with E-state index in [2.05, 4.69) is 37.3 Å². The fourth-order valence-electron chi connectivity index (χ4n) is 4.62. The average Bonchev–Trinajstić information content (AvgIpc) is 2.67. The van der Waals surface area contributed by atoms with Crippen molar-refractivity contribution in [2.24, 2.45) is 17.8 Å². The van der Waals surface area contributed by atoms with Crippen LogP contribution in [0.2, 0.25) is 0 Å². The van der Waals surface area contributed by atoms with E-state index in [0.717, 1.165) is 31.6 Å². The van der Waals surface area contributed by atoms with Gasteiger partial charge in [-0.15, -0.1) is 0 Å². The van der Waals surface area contributed by atoms with Gasteiger partial charge in [-0.05, 0) is 73.5 Å². The molecule has 0 N–H and O–H groups in total. The van der Waals surface area contributed by atoms with Crippen LogP contribution in [0.4, 0.5) is 0 Å². The molecular formula is C23H32O2. The van der Waals surface area contributed by atoms with Crippen LogP contribution in [0.15, 0.2) is 30.3 Å². The van der Waals surface area contributed by atoms with Crippen molar-refractivity contribution >= 4 is 11.5 Å². The summed E-state index contributed by atoms with van der Waals surface area (Å²) in [6, 6.07) is 9.25. The van der Waals surface area contributed by atoms with Crippen LogP contribution in [0.25, 0.3) is 5.57 Å². The molecule has 2 aliphatic rings. The number of fused-ring (bicyclic) bond motifs is 1. The quantitative estimate of drug-likeness (QED) is 0.483. The van der Waals surface area contributed by atoms with Crippen LogP contribution in [-0.4, -0.2) is 13.1 Å².